The molecule has 0 saturated carbocycles. The second kappa shape index (κ2) is 6.63. The topological polar surface area (TPSA) is 121 Å². The van der Waals surface area contributed by atoms with Crippen molar-refractivity contribution in [2.24, 2.45) is 5.14 Å². The maximum absolute atomic E-state index is 12.3. The summed E-state index contributed by atoms with van der Waals surface area (Å²) in [5.41, 5.74) is 0.453. The van der Waals surface area contributed by atoms with Crippen LogP contribution in [0.3, 0.4) is 0 Å². The van der Waals surface area contributed by atoms with Gasteiger partial charge in [-0.3, -0.25) is 4.79 Å². The fourth-order valence-electron chi connectivity index (χ4n) is 1.81. The fraction of sp³-hybridized carbons (Fsp3) is 0.143. The highest BCUT2D eigenvalue weighted by atomic mass is 32.2. The van der Waals surface area contributed by atoms with Gasteiger partial charge in [-0.25, -0.2) is 18.5 Å². The van der Waals surface area contributed by atoms with Crippen molar-refractivity contribution >= 4 is 21.6 Å². The van der Waals surface area contributed by atoms with Crippen LogP contribution in [0.15, 0.2) is 41.4 Å². The SMILES string of the molecule is COc1ccc(NC(=O)c2cc(S(N)(=O)=O)ccc2OC)cn1. The summed E-state index contributed by atoms with van der Waals surface area (Å²) in [6.45, 7) is 0. The largest absolute Gasteiger partial charge is 0.496 e. The fourth-order valence-corrected chi connectivity index (χ4v) is 2.35. The van der Waals surface area contributed by atoms with Gasteiger partial charge in [-0.15, -0.1) is 0 Å². The van der Waals surface area contributed by atoms with Gasteiger partial charge in [0, 0.05) is 6.07 Å². The molecular weight excluding hydrogens is 322 g/mol. The molecule has 0 radical (unpaired) electrons. The third kappa shape index (κ3) is 3.96. The van der Waals surface area contributed by atoms with E-state index in [1.807, 2.05) is 0 Å². The van der Waals surface area contributed by atoms with Crippen LogP contribution >= 0.6 is 0 Å². The highest BCUT2D eigenvalue weighted by molar-refractivity contribution is 7.89. The Balaban J connectivity index is 2.33. The van der Waals surface area contributed by atoms with Crippen LogP contribution < -0.4 is 19.9 Å². The van der Waals surface area contributed by atoms with Gasteiger partial charge >= 0.3 is 0 Å². The normalized spacial score (nSPS) is 10.9. The number of pyridine rings is 1. The van der Waals surface area contributed by atoms with Gasteiger partial charge in [0.05, 0.1) is 36.6 Å². The van der Waals surface area contributed by atoms with Gasteiger partial charge in [0.2, 0.25) is 15.9 Å². The number of anilines is 1. The Labute approximate surface area is 133 Å². The first-order valence-corrected chi connectivity index (χ1v) is 7.92. The molecule has 9 heteroatoms. The van der Waals surface area contributed by atoms with Crippen molar-refractivity contribution in [3.63, 3.8) is 0 Å². The molecule has 0 fully saturated rings. The van der Waals surface area contributed by atoms with Crippen LogP contribution in [0.4, 0.5) is 5.69 Å². The first kappa shape index (κ1) is 16.7. The Bertz CT molecular complexity index is 819. The van der Waals surface area contributed by atoms with Crippen LogP contribution in [-0.4, -0.2) is 33.5 Å². The summed E-state index contributed by atoms with van der Waals surface area (Å²) in [6, 6.07) is 6.95. The van der Waals surface area contributed by atoms with Gasteiger partial charge in [-0.05, 0) is 24.3 Å². The minimum absolute atomic E-state index is 0.0369. The van der Waals surface area contributed by atoms with Crippen LogP contribution in [-0.2, 0) is 10.0 Å². The predicted molar refractivity (Wildman–Crippen MR) is 83.1 cm³/mol. The van der Waals surface area contributed by atoms with Gasteiger partial charge < -0.3 is 14.8 Å². The van der Waals surface area contributed by atoms with E-state index in [-0.39, 0.29) is 16.2 Å². The van der Waals surface area contributed by atoms with Crippen LogP contribution in [0, 0.1) is 0 Å². The van der Waals surface area contributed by atoms with E-state index in [9.17, 15) is 13.2 Å². The summed E-state index contributed by atoms with van der Waals surface area (Å²) in [6.07, 6.45) is 1.41. The molecule has 2 rings (SSSR count). The summed E-state index contributed by atoms with van der Waals surface area (Å²) >= 11 is 0. The molecule has 0 aliphatic rings. The highest BCUT2D eigenvalue weighted by Crippen LogP contribution is 2.23. The number of sulfonamides is 1. The van der Waals surface area contributed by atoms with E-state index in [0.717, 1.165) is 6.07 Å². The van der Waals surface area contributed by atoms with E-state index in [1.54, 1.807) is 12.1 Å². The second-order valence-electron chi connectivity index (χ2n) is 4.45. The van der Waals surface area contributed by atoms with E-state index >= 15 is 0 Å². The molecule has 0 aliphatic heterocycles. The average molecular weight is 337 g/mol. The van der Waals surface area contributed by atoms with Gasteiger partial charge in [0.1, 0.15) is 5.75 Å². The molecule has 0 bridgehead atoms. The number of nitrogens with two attached hydrogens (primary N) is 1. The summed E-state index contributed by atoms with van der Waals surface area (Å²) in [7, 11) is -1.08. The van der Waals surface area contributed by atoms with Crippen molar-refractivity contribution in [1.82, 2.24) is 4.98 Å². The van der Waals surface area contributed by atoms with Crippen molar-refractivity contribution in [1.29, 1.82) is 0 Å². The van der Waals surface area contributed by atoms with E-state index in [4.69, 9.17) is 14.6 Å². The molecule has 0 aliphatic carbocycles. The molecule has 1 heterocycles. The third-order valence-corrected chi connectivity index (χ3v) is 3.86. The summed E-state index contributed by atoms with van der Waals surface area (Å²) in [4.78, 5) is 16.1. The molecule has 1 amide bonds. The zero-order valence-electron chi connectivity index (χ0n) is 12.4. The van der Waals surface area contributed by atoms with Gasteiger partial charge in [0.25, 0.3) is 5.91 Å². The number of nitrogens with zero attached hydrogens (tertiary/aromatic N) is 1. The van der Waals surface area contributed by atoms with E-state index in [1.165, 1.54) is 32.5 Å². The Hall–Kier alpha value is -2.65. The van der Waals surface area contributed by atoms with Crippen LogP contribution in [0.5, 0.6) is 11.6 Å². The molecule has 0 atom stereocenters. The summed E-state index contributed by atoms with van der Waals surface area (Å²) in [5.74, 6) is 0.0625. The Morgan fingerprint density at radius 2 is 1.91 bits per heavy atom. The standard InChI is InChI=1S/C14H15N3O5S/c1-21-12-5-4-10(23(15,19)20)7-11(12)14(18)17-9-3-6-13(22-2)16-8-9/h3-8H,1-2H3,(H,17,18)(H2,15,19,20). The number of amides is 1. The van der Waals surface area contributed by atoms with Crippen LogP contribution in [0.2, 0.25) is 0 Å². The van der Waals surface area contributed by atoms with Crippen molar-refractivity contribution < 1.29 is 22.7 Å². The number of aromatic nitrogens is 1. The molecule has 1 aromatic heterocycles. The third-order valence-electron chi connectivity index (χ3n) is 2.95. The lowest BCUT2D eigenvalue weighted by molar-refractivity contribution is 0.102. The number of hydrogen-bond acceptors (Lipinski definition) is 6. The monoisotopic (exact) mass is 337 g/mol. The number of rotatable bonds is 5. The number of primary sulfonamides is 1. The Kier molecular flexibility index (Phi) is 4.82. The number of hydrogen-bond donors (Lipinski definition) is 2. The highest BCUT2D eigenvalue weighted by Gasteiger charge is 2.17. The van der Waals surface area contributed by atoms with Gasteiger partial charge in [0.15, 0.2) is 0 Å². The smallest absolute Gasteiger partial charge is 0.259 e. The van der Waals surface area contributed by atoms with E-state index in [2.05, 4.69) is 10.3 Å². The number of ether oxygens (including phenoxy) is 2. The van der Waals surface area contributed by atoms with Crippen LogP contribution in [0.25, 0.3) is 0 Å². The lowest BCUT2D eigenvalue weighted by Crippen LogP contribution is -2.16. The molecular formula is C14H15N3O5S. The minimum Gasteiger partial charge on any atom is -0.496 e. The summed E-state index contributed by atoms with van der Waals surface area (Å²) < 4.78 is 32.8. The van der Waals surface area contributed by atoms with Gasteiger partial charge in [-0.1, -0.05) is 0 Å². The summed E-state index contributed by atoms with van der Waals surface area (Å²) in [5, 5.41) is 7.67. The predicted octanol–water partition coefficient (Wildman–Crippen LogP) is 0.998. The maximum atomic E-state index is 12.3. The van der Waals surface area contributed by atoms with Crippen molar-refractivity contribution in [3.05, 3.63) is 42.1 Å². The number of carbonyl (C=O) groups excluding carboxylic acids is 1. The maximum Gasteiger partial charge on any atom is 0.259 e. The van der Waals surface area contributed by atoms with E-state index in [0.29, 0.717) is 11.6 Å². The average Bonchev–Trinajstić information content (AvgIpc) is 2.54. The zero-order chi connectivity index (χ0) is 17.0. The van der Waals surface area contributed by atoms with Crippen molar-refractivity contribution in [3.8, 4) is 11.6 Å². The molecule has 3 N–H and O–H groups in total. The first-order chi connectivity index (χ1) is 10.8. The number of methoxy groups -OCH3 is 2. The lowest BCUT2D eigenvalue weighted by atomic mass is 10.2. The quantitative estimate of drug-likeness (QED) is 0.839. The number of benzene rings is 1. The van der Waals surface area contributed by atoms with E-state index < -0.39 is 15.9 Å². The van der Waals surface area contributed by atoms with Crippen molar-refractivity contribution in [2.75, 3.05) is 19.5 Å². The second-order valence-corrected chi connectivity index (χ2v) is 6.01. The number of carbonyl (C=O) groups is 1. The first-order valence-electron chi connectivity index (χ1n) is 6.37. The van der Waals surface area contributed by atoms with Crippen molar-refractivity contribution in [2.45, 2.75) is 4.90 Å². The molecule has 122 valence electrons. The molecule has 0 saturated heterocycles. The van der Waals surface area contributed by atoms with Gasteiger partial charge in [-0.2, -0.15) is 0 Å². The Morgan fingerprint density at radius 3 is 2.43 bits per heavy atom. The molecule has 2 aromatic rings. The molecule has 0 unspecified atom stereocenters. The molecule has 8 nitrogen and oxygen atoms in total. The molecule has 1 aromatic carbocycles. The molecule has 23 heavy (non-hydrogen) atoms. The Morgan fingerprint density at radius 1 is 1.17 bits per heavy atom. The van der Waals surface area contributed by atoms with Crippen LogP contribution in [0.1, 0.15) is 10.4 Å². The number of nitrogens with one attached hydrogen (secondary N) is 1. The molecule has 0 spiro atoms. The zero-order valence-corrected chi connectivity index (χ0v) is 13.3. The lowest BCUT2D eigenvalue weighted by Gasteiger charge is -2.11. The minimum atomic E-state index is -3.93.